The smallest absolute Gasteiger partial charge is 0.428 e. The molecular formula is C27H37F3N2O3. The Morgan fingerprint density at radius 2 is 1.51 bits per heavy atom. The van der Waals surface area contributed by atoms with Gasteiger partial charge in [-0.25, -0.2) is 0 Å². The number of unbranched alkanes of at least 4 members (excludes halogenated alkanes) is 7. The zero-order chi connectivity index (χ0) is 25.5. The van der Waals surface area contributed by atoms with E-state index < -0.39 is 24.9 Å². The van der Waals surface area contributed by atoms with Crippen molar-refractivity contribution in [3.8, 4) is 17.1 Å². The third-order valence-corrected chi connectivity index (χ3v) is 5.71. The maximum atomic E-state index is 13.2. The highest BCUT2D eigenvalue weighted by Crippen LogP contribution is 2.25. The Morgan fingerprint density at radius 1 is 0.857 bits per heavy atom. The molecule has 2 aromatic rings. The van der Waals surface area contributed by atoms with Crippen LogP contribution in [0.4, 0.5) is 13.2 Å². The van der Waals surface area contributed by atoms with E-state index in [1.807, 2.05) is 19.1 Å². The van der Waals surface area contributed by atoms with Crippen LogP contribution in [0.15, 0.2) is 36.4 Å². The lowest BCUT2D eigenvalue weighted by Crippen LogP contribution is -2.38. The first-order valence-electron chi connectivity index (χ1n) is 12.7. The minimum absolute atomic E-state index is 0.0489. The highest BCUT2D eigenvalue weighted by atomic mass is 19.4. The van der Waals surface area contributed by atoms with Crippen LogP contribution in [0.5, 0.6) is 5.88 Å². The van der Waals surface area contributed by atoms with Gasteiger partial charge in [-0.05, 0) is 30.9 Å². The molecule has 0 aliphatic carbocycles. The second kappa shape index (κ2) is 15.4. The number of carbonyl (C=O) groups excluding carboxylic acids is 1. The number of hydrogen-bond donors (Lipinski definition) is 0. The summed E-state index contributed by atoms with van der Waals surface area (Å²) in [5.41, 5.74) is 2.72. The first-order valence-corrected chi connectivity index (χ1v) is 12.7. The monoisotopic (exact) mass is 494 g/mol. The summed E-state index contributed by atoms with van der Waals surface area (Å²) in [4.78, 5) is 11.7. The van der Waals surface area contributed by atoms with E-state index in [1.54, 1.807) is 6.07 Å². The van der Waals surface area contributed by atoms with Crippen molar-refractivity contribution in [2.45, 2.75) is 96.8 Å². The lowest BCUT2D eigenvalue weighted by atomic mass is 10.0. The number of halogens is 3. The van der Waals surface area contributed by atoms with Gasteiger partial charge in [-0.3, -0.25) is 4.79 Å². The molecule has 0 saturated heterocycles. The van der Waals surface area contributed by atoms with Crippen LogP contribution in [0.1, 0.15) is 83.6 Å². The first-order chi connectivity index (χ1) is 16.8. The number of aryl methyl sites for hydroxylation is 1. The van der Waals surface area contributed by atoms with E-state index in [4.69, 9.17) is 4.74 Å². The standard InChI is InChI=1S/C27H37F3N2O3/c1-3-5-7-8-9-11-12-21-14-16-22(17-15-21)23-18-19-25(32-31-23)34-20-24(27(28,29)30)35-26(33)13-10-6-4-2/h14-19,24H,3-13,20H2,1-2H3. The SMILES string of the molecule is CCCCCCCCc1ccc(-c2ccc(OCC(OC(=O)CCCCC)C(F)(F)F)nn2)cc1. The van der Waals surface area contributed by atoms with E-state index in [-0.39, 0.29) is 12.3 Å². The molecular weight excluding hydrogens is 457 g/mol. The van der Waals surface area contributed by atoms with E-state index in [0.29, 0.717) is 12.1 Å². The second-order valence-corrected chi connectivity index (χ2v) is 8.76. The van der Waals surface area contributed by atoms with Crippen molar-refractivity contribution < 1.29 is 27.4 Å². The third-order valence-electron chi connectivity index (χ3n) is 5.71. The van der Waals surface area contributed by atoms with Crippen molar-refractivity contribution in [3.63, 3.8) is 0 Å². The van der Waals surface area contributed by atoms with E-state index in [9.17, 15) is 18.0 Å². The molecule has 8 heteroatoms. The van der Waals surface area contributed by atoms with Crippen LogP contribution in [0, 0.1) is 0 Å². The summed E-state index contributed by atoms with van der Waals surface area (Å²) < 4.78 is 49.5. The molecule has 0 spiro atoms. The summed E-state index contributed by atoms with van der Waals surface area (Å²) >= 11 is 0. The van der Waals surface area contributed by atoms with Gasteiger partial charge < -0.3 is 9.47 Å². The number of hydrogen-bond acceptors (Lipinski definition) is 5. The molecule has 194 valence electrons. The lowest BCUT2D eigenvalue weighted by molar-refractivity contribution is -0.227. The fourth-order valence-electron chi connectivity index (χ4n) is 3.60. The van der Waals surface area contributed by atoms with Crippen LogP contribution >= 0.6 is 0 Å². The molecule has 0 radical (unpaired) electrons. The van der Waals surface area contributed by atoms with Gasteiger partial charge in [-0.1, -0.05) is 83.1 Å². The van der Waals surface area contributed by atoms with E-state index in [1.165, 1.54) is 50.2 Å². The van der Waals surface area contributed by atoms with Crippen molar-refractivity contribution in [3.05, 3.63) is 42.0 Å². The Morgan fingerprint density at radius 3 is 2.14 bits per heavy atom. The minimum atomic E-state index is -4.73. The van der Waals surface area contributed by atoms with Gasteiger partial charge in [-0.2, -0.15) is 13.2 Å². The Labute approximate surface area is 206 Å². The highest BCUT2D eigenvalue weighted by Gasteiger charge is 2.43. The maximum absolute atomic E-state index is 13.2. The van der Waals surface area contributed by atoms with Gasteiger partial charge in [-0.15, -0.1) is 10.2 Å². The molecule has 1 aromatic heterocycles. The predicted octanol–water partition coefficient (Wildman–Crippen LogP) is 7.48. The van der Waals surface area contributed by atoms with Gasteiger partial charge in [0.2, 0.25) is 12.0 Å². The maximum Gasteiger partial charge on any atom is 0.428 e. The van der Waals surface area contributed by atoms with Crippen molar-refractivity contribution in [2.24, 2.45) is 0 Å². The van der Waals surface area contributed by atoms with Crippen LogP contribution in [0.2, 0.25) is 0 Å². The Hall–Kier alpha value is -2.64. The Kier molecular flexibility index (Phi) is 12.6. The number of ether oxygens (including phenoxy) is 2. The summed E-state index contributed by atoms with van der Waals surface area (Å²) in [6, 6.07) is 11.2. The molecule has 35 heavy (non-hydrogen) atoms. The molecule has 0 fully saturated rings. The highest BCUT2D eigenvalue weighted by molar-refractivity contribution is 5.69. The number of benzene rings is 1. The van der Waals surface area contributed by atoms with Gasteiger partial charge in [0.25, 0.3) is 0 Å². The van der Waals surface area contributed by atoms with Crippen LogP contribution in [0.25, 0.3) is 11.3 Å². The van der Waals surface area contributed by atoms with Gasteiger partial charge in [0.1, 0.15) is 6.61 Å². The van der Waals surface area contributed by atoms with Crippen molar-refractivity contribution in [1.82, 2.24) is 10.2 Å². The quantitative estimate of drug-likeness (QED) is 0.179. The summed E-state index contributed by atoms with van der Waals surface area (Å²) in [6.45, 7) is 3.28. The van der Waals surface area contributed by atoms with Crippen LogP contribution in [0.3, 0.4) is 0 Å². The largest absolute Gasteiger partial charge is 0.472 e. The molecule has 0 saturated carbocycles. The van der Waals surface area contributed by atoms with Crippen LogP contribution in [-0.4, -0.2) is 35.1 Å². The van der Waals surface area contributed by atoms with Crippen molar-refractivity contribution in [1.29, 1.82) is 0 Å². The summed E-state index contributed by atoms with van der Waals surface area (Å²) in [5.74, 6) is -0.949. The molecule has 0 aliphatic rings. The van der Waals surface area contributed by atoms with Gasteiger partial charge in [0.05, 0.1) is 5.69 Å². The molecule has 1 atom stereocenters. The molecule has 1 aromatic carbocycles. The van der Waals surface area contributed by atoms with Crippen molar-refractivity contribution in [2.75, 3.05) is 6.61 Å². The van der Waals surface area contributed by atoms with Gasteiger partial charge in [0, 0.05) is 18.1 Å². The molecule has 1 unspecified atom stereocenters. The van der Waals surface area contributed by atoms with E-state index >= 15 is 0 Å². The van der Waals surface area contributed by atoms with Crippen molar-refractivity contribution >= 4 is 5.97 Å². The average Bonchev–Trinajstić information content (AvgIpc) is 2.84. The van der Waals surface area contributed by atoms with E-state index in [2.05, 4.69) is 34.0 Å². The number of rotatable bonds is 16. The molecule has 0 bridgehead atoms. The molecule has 5 nitrogen and oxygen atoms in total. The molecule has 2 rings (SSSR count). The normalized spacial score (nSPS) is 12.4. The van der Waals surface area contributed by atoms with Crippen LogP contribution < -0.4 is 4.74 Å². The second-order valence-electron chi connectivity index (χ2n) is 8.76. The van der Waals surface area contributed by atoms with E-state index in [0.717, 1.165) is 24.8 Å². The fourth-order valence-corrected chi connectivity index (χ4v) is 3.60. The molecule has 0 aliphatic heterocycles. The number of carbonyl (C=O) groups is 1. The average molecular weight is 495 g/mol. The summed E-state index contributed by atoms with van der Waals surface area (Å²) in [5, 5.41) is 7.95. The van der Waals surface area contributed by atoms with Gasteiger partial charge in [0.15, 0.2) is 0 Å². The zero-order valence-electron chi connectivity index (χ0n) is 20.8. The molecule has 1 heterocycles. The number of nitrogens with zero attached hydrogens (tertiary/aromatic N) is 2. The Bertz CT molecular complexity index is 855. The van der Waals surface area contributed by atoms with Gasteiger partial charge >= 0.3 is 12.1 Å². The summed E-state index contributed by atoms with van der Waals surface area (Å²) in [7, 11) is 0. The fraction of sp³-hybridized carbons (Fsp3) is 0.593. The topological polar surface area (TPSA) is 61.3 Å². The number of alkyl halides is 3. The first kappa shape index (κ1) is 28.6. The summed E-state index contributed by atoms with van der Waals surface area (Å²) in [6.07, 6.45) is 3.55. The molecule has 0 amide bonds. The van der Waals surface area contributed by atoms with Crippen LogP contribution in [-0.2, 0) is 16.0 Å². The minimum Gasteiger partial charge on any atom is -0.472 e. The predicted molar refractivity (Wildman–Crippen MR) is 130 cm³/mol. The number of aromatic nitrogens is 2. The Balaban J connectivity index is 1.85. The zero-order valence-corrected chi connectivity index (χ0v) is 20.8. The lowest BCUT2D eigenvalue weighted by Gasteiger charge is -2.20. The number of esters is 1. The molecule has 0 N–H and O–H groups in total. The third kappa shape index (κ3) is 11.1.